The molecular formula is C22H24N4O3S2. The predicted octanol–water partition coefficient (Wildman–Crippen LogP) is 3.50. The second-order valence-electron chi connectivity index (χ2n) is 7.63. The van der Waals surface area contributed by atoms with Gasteiger partial charge in [-0.15, -0.1) is 0 Å². The molecule has 0 saturated carbocycles. The van der Waals surface area contributed by atoms with E-state index >= 15 is 0 Å². The van der Waals surface area contributed by atoms with Crippen molar-refractivity contribution in [2.45, 2.75) is 29.8 Å². The van der Waals surface area contributed by atoms with Crippen molar-refractivity contribution in [2.24, 2.45) is 0 Å². The van der Waals surface area contributed by atoms with Crippen LogP contribution in [0.1, 0.15) is 13.3 Å². The third kappa shape index (κ3) is 4.99. The SMILES string of the molecule is C[C@H](Sc1nc(Nc2ccccc2)c2ccccc2n1)C(=O)N(C)[C@H]1CCS(=O)(=O)C1. The quantitative estimate of drug-likeness (QED) is 0.448. The van der Waals surface area contributed by atoms with Crippen molar-refractivity contribution in [3.63, 3.8) is 0 Å². The van der Waals surface area contributed by atoms with Crippen molar-refractivity contribution in [2.75, 3.05) is 23.9 Å². The predicted molar refractivity (Wildman–Crippen MR) is 124 cm³/mol. The van der Waals surface area contributed by atoms with Gasteiger partial charge in [0.1, 0.15) is 5.82 Å². The smallest absolute Gasteiger partial charge is 0.235 e. The third-order valence-electron chi connectivity index (χ3n) is 5.35. The lowest BCUT2D eigenvalue weighted by molar-refractivity contribution is -0.130. The Labute approximate surface area is 186 Å². The summed E-state index contributed by atoms with van der Waals surface area (Å²) in [6, 6.07) is 17.2. The summed E-state index contributed by atoms with van der Waals surface area (Å²) >= 11 is 1.28. The topological polar surface area (TPSA) is 92.3 Å². The Bertz CT molecular complexity index is 1200. The molecule has 2 heterocycles. The molecule has 0 spiro atoms. The van der Waals surface area contributed by atoms with E-state index < -0.39 is 15.1 Å². The standard InChI is InChI=1S/C22H24N4O3S2/c1-15(21(27)26(2)17-12-13-31(28,29)14-17)30-22-24-19-11-7-6-10-18(19)20(25-22)23-16-8-4-3-5-9-16/h3-11,15,17H,12-14H2,1-2H3,(H,23,24,25)/t15-,17-/m0/s1. The van der Waals surface area contributed by atoms with Crippen molar-refractivity contribution >= 4 is 49.9 Å². The summed E-state index contributed by atoms with van der Waals surface area (Å²) in [5, 5.41) is 4.28. The first-order valence-electron chi connectivity index (χ1n) is 10.0. The average Bonchev–Trinajstić information content (AvgIpc) is 3.13. The lowest BCUT2D eigenvalue weighted by atomic mass is 10.2. The van der Waals surface area contributed by atoms with Crippen LogP contribution in [-0.4, -0.2) is 59.0 Å². The minimum atomic E-state index is -3.05. The number of nitrogens with one attached hydrogen (secondary N) is 1. The summed E-state index contributed by atoms with van der Waals surface area (Å²) in [4.78, 5) is 23.8. The number of carbonyl (C=O) groups excluding carboxylic acids is 1. The molecular weight excluding hydrogens is 432 g/mol. The van der Waals surface area contributed by atoms with Gasteiger partial charge in [-0.2, -0.15) is 0 Å². The van der Waals surface area contributed by atoms with E-state index in [1.807, 2.05) is 54.6 Å². The van der Waals surface area contributed by atoms with Gasteiger partial charge in [0, 0.05) is 24.2 Å². The highest BCUT2D eigenvalue weighted by Gasteiger charge is 2.34. The Morgan fingerprint density at radius 2 is 1.84 bits per heavy atom. The number of para-hydroxylation sites is 2. The fraction of sp³-hybridized carbons (Fsp3) is 0.318. The number of hydrogen-bond acceptors (Lipinski definition) is 7. The molecule has 0 bridgehead atoms. The number of fused-ring (bicyclic) bond motifs is 1. The van der Waals surface area contributed by atoms with E-state index in [-0.39, 0.29) is 23.5 Å². The second-order valence-corrected chi connectivity index (χ2v) is 11.2. The van der Waals surface area contributed by atoms with Gasteiger partial charge in [-0.25, -0.2) is 18.4 Å². The van der Waals surface area contributed by atoms with E-state index in [0.717, 1.165) is 16.6 Å². The summed E-state index contributed by atoms with van der Waals surface area (Å²) in [6.07, 6.45) is 0.486. The maximum atomic E-state index is 12.9. The number of anilines is 2. The minimum absolute atomic E-state index is 0.0320. The van der Waals surface area contributed by atoms with Crippen molar-refractivity contribution in [3.05, 3.63) is 54.6 Å². The first kappa shape index (κ1) is 21.6. The number of carbonyl (C=O) groups is 1. The molecule has 1 fully saturated rings. The highest BCUT2D eigenvalue weighted by molar-refractivity contribution is 8.00. The van der Waals surface area contributed by atoms with Gasteiger partial charge in [-0.1, -0.05) is 42.1 Å². The van der Waals surface area contributed by atoms with Crippen LogP contribution in [0.25, 0.3) is 10.9 Å². The second kappa shape index (κ2) is 8.84. The molecule has 0 aliphatic carbocycles. The molecule has 1 amide bonds. The van der Waals surface area contributed by atoms with E-state index in [1.54, 1.807) is 18.9 Å². The monoisotopic (exact) mass is 456 g/mol. The van der Waals surface area contributed by atoms with Crippen LogP contribution in [-0.2, 0) is 14.6 Å². The Balaban J connectivity index is 1.55. The van der Waals surface area contributed by atoms with Crippen molar-refractivity contribution in [3.8, 4) is 0 Å². The zero-order valence-corrected chi connectivity index (χ0v) is 19.0. The van der Waals surface area contributed by atoms with Crippen molar-refractivity contribution in [1.82, 2.24) is 14.9 Å². The van der Waals surface area contributed by atoms with Crippen molar-refractivity contribution in [1.29, 1.82) is 0 Å². The molecule has 2 aromatic carbocycles. The Morgan fingerprint density at radius 1 is 1.13 bits per heavy atom. The molecule has 9 heteroatoms. The van der Waals surface area contributed by atoms with Gasteiger partial charge in [0.2, 0.25) is 5.91 Å². The van der Waals surface area contributed by atoms with E-state index in [2.05, 4.69) is 15.3 Å². The average molecular weight is 457 g/mol. The van der Waals surface area contributed by atoms with Gasteiger partial charge in [-0.05, 0) is 37.6 Å². The molecule has 1 aliphatic heterocycles. The molecule has 162 valence electrons. The zero-order valence-electron chi connectivity index (χ0n) is 17.4. The van der Waals surface area contributed by atoms with E-state index in [9.17, 15) is 13.2 Å². The Hall–Kier alpha value is -2.65. The molecule has 1 aliphatic rings. The van der Waals surface area contributed by atoms with Crippen LogP contribution in [0.15, 0.2) is 59.8 Å². The number of hydrogen-bond donors (Lipinski definition) is 1. The van der Waals surface area contributed by atoms with Crippen LogP contribution in [0.4, 0.5) is 11.5 Å². The normalized spacial score (nSPS) is 18.6. The van der Waals surface area contributed by atoms with E-state index in [1.165, 1.54) is 11.8 Å². The molecule has 3 aromatic rings. The fourth-order valence-corrected chi connectivity index (χ4v) is 6.27. The highest BCUT2D eigenvalue weighted by Crippen LogP contribution is 2.29. The van der Waals surface area contributed by atoms with Gasteiger partial charge >= 0.3 is 0 Å². The molecule has 1 aromatic heterocycles. The number of amides is 1. The number of rotatable bonds is 6. The third-order valence-corrected chi connectivity index (χ3v) is 8.05. The number of aromatic nitrogens is 2. The summed E-state index contributed by atoms with van der Waals surface area (Å²) < 4.78 is 23.5. The number of nitrogens with zero attached hydrogens (tertiary/aromatic N) is 3. The summed E-state index contributed by atoms with van der Waals surface area (Å²) in [5.74, 6) is 0.721. The van der Waals surface area contributed by atoms with Gasteiger partial charge < -0.3 is 10.2 Å². The molecule has 4 rings (SSSR count). The van der Waals surface area contributed by atoms with E-state index in [0.29, 0.717) is 17.4 Å². The number of sulfone groups is 1. The maximum absolute atomic E-state index is 12.9. The summed E-state index contributed by atoms with van der Waals surface area (Å²) in [6.45, 7) is 1.80. The van der Waals surface area contributed by atoms with Gasteiger partial charge in [0.25, 0.3) is 0 Å². The molecule has 1 N–H and O–H groups in total. The summed E-state index contributed by atoms with van der Waals surface area (Å²) in [5.41, 5.74) is 1.70. The van der Waals surface area contributed by atoms with E-state index in [4.69, 9.17) is 0 Å². The Morgan fingerprint density at radius 3 is 2.55 bits per heavy atom. The summed E-state index contributed by atoms with van der Waals surface area (Å²) in [7, 11) is -1.38. The lowest BCUT2D eigenvalue weighted by Crippen LogP contribution is -2.41. The lowest BCUT2D eigenvalue weighted by Gasteiger charge is -2.26. The highest BCUT2D eigenvalue weighted by atomic mass is 32.2. The largest absolute Gasteiger partial charge is 0.341 e. The van der Waals surface area contributed by atoms with Crippen molar-refractivity contribution < 1.29 is 13.2 Å². The van der Waals surface area contributed by atoms with Crippen LogP contribution in [0.3, 0.4) is 0 Å². The van der Waals surface area contributed by atoms with Crippen LogP contribution < -0.4 is 5.32 Å². The van der Waals surface area contributed by atoms with Gasteiger partial charge in [-0.3, -0.25) is 4.79 Å². The van der Waals surface area contributed by atoms with Crippen LogP contribution in [0.2, 0.25) is 0 Å². The Kier molecular flexibility index (Phi) is 6.15. The molecule has 2 atom stereocenters. The molecule has 0 unspecified atom stereocenters. The van der Waals surface area contributed by atoms with Gasteiger partial charge in [0.05, 0.1) is 22.3 Å². The van der Waals surface area contributed by atoms with Crippen LogP contribution >= 0.6 is 11.8 Å². The minimum Gasteiger partial charge on any atom is -0.341 e. The van der Waals surface area contributed by atoms with Gasteiger partial charge in [0.15, 0.2) is 15.0 Å². The molecule has 0 radical (unpaired) electrons. The zero-order chi connectivity index (χ0) is 22.0. The molecule has 7 nitrogen and oxygen atoms in total. The number of thioether (sulfide) groups is 1. The molecule has 31 heavy (non-hydrogen) atoms. The number of benzene rings is 2. The fourth-order valence-electron chi connectivity index (χ4n) is 3.62. The van der Waals surface area contributed by atoms with Crippen LogP contribution in [0, 0.1) is 0 Å². The van der Waals surface area contributed by atoms with Crippen LogP contribution in [0.5, 0.6) is 0 Å². The first-order valence-corrected chi connectivity index (χ1v) is 12.7. The maximum Gasteiger partial charge on any atom is 0.235 e. The first-order chi connectivity index (χ1) is 14.8. The molecule has 1 saturated heterocycles.